The first-order valence-electron chi connectivity index (χ1n) is 6.43. The molecule has 2 rings (SSSR count). The molecular formula is C14H21ClN2O. The smallest absolute Gasteiger partial charge is 0.0758 e. The lowest BCUT2D eigenvalue weighted by Crippen LogP contribution is -2.31. The molecule has 1 saturated heterocycles. The van der Waals surface area contributed by atoms with Gasteiger partial charge in [-0.1, -0.05) is 29.8 Å². The van der Waals surface area contributed by atoms with Crippen LogP contribution in [-0.2, 0) is 0 Å². The highest BCUT2D eigenvalue weighted by atomic mass is 35.5. The second kappa shape index (κ2) is 5.57. The molecule has 1 aromatic rings. The lowest BCUT2D eigenvalue weighted by Gasteiger charge is -2.21. The van der Waals surface area contributed by atoms with E-state index in [1.54, 1.807) is 0 Å². The van der Waals surface area contributed by atoms with Crippen LogP contribution in [0.1, 0.15) is 31.4 Å². The van der Waals surface area contributed by atoms with Crippen LogP contribution in [0.5, 0.6) is 0 Å². The molecule has 0 radical (unpaired) electrons. The Morgan fingerprint density at radius 3 is 2.83 bits per heavy atom. The third-order valence-electron chi connectivity index (χ3n) is 3.59. The third kappa shape index (κ3) is 3.45. The van der Waals surface area contributed by atoms with Crippen LogP contribution in [0, 0.1) is 0 Å². The number of hydrogen-bond acceptors (Lipinski definition) is 3. The average molecular weight is 269 g/mol. The molecule has 2 atom stereocenters. The van der Waals surface area contributed by atoms with Crippen molar-refractivity contribution in [1.82, 2.24) is 4.90 Å². The average Bonchev–Trinajstić information content (AvgIpc) is 2.66. The highest BCUT2D eigenvalue weighted by Gasteiger charge is 2.31. The Bertz CT molecular complexity index is 409. The standard InChI is InChI=1S/C14H21ClN2O/c1-14(18)7-9-17(10-14)8-6-13(16)11-4-2-3-5-12(11)15/h2-5,13,18H,6-10,16H2,1H3. The number of aliphatic hydroxyl groups is 1. The molecule has 2 unspecified atom stereocenters. The highest BCUT2D eigenvalue weighted by Crippen LogP contribution is 2.25. The van der Waals surface area contributed by atoms with Crippen LogP contribution in [0.2, 0.25) is 5.02 Å². The molecule has 1 aliphatic rings. The van der Waals surface area contributed by atoms with Gasteiger partial charge in [0.15, 0.2) is 0 Å². The van der Waals surface area contributed by atoms with Gasteiger partial charge in [0.1, 0.15) is 0 Å². The van der Waals surface area contributed by atoms with Gasteiger partial charge in [-0.05, 0) is 31.4 Å². The zero-order chi connectivity index (χ0) is 13.2. The van der Waals surface area contributed by atoms with Crippen molar-refractivity contribution in [1.29, 1.82) is 0 Å². The number of benzene rings is 1. The van der Waals surface area contributed by atoms with Gasteiger partial charge in [-0.3, -0.25) is 0 Å². The predicted molar refractivity (Wildman–Crippen MR) is 74.7 cm³/mol. The fourth-order valence-electron chi connectivity index (χ4n) is 2.48. The maximum absolute atomic E-state index is 9.90. The predicted octanol–water partition coefficient (Wildman–Crippen LogP) is 2.19. The molecule has 1 aliphatic heterocycles. The quantitative estimate of drug-likeness (QED) is 0.880. The second-order valence-corrected chi connectivity index (χ2v) is 5.85. The zero-order valence-electron chi connectivity index (χ0n) is 10.8. The Hall–Kier alpha value is -0.610. The molecule has 100 valence electrons. The van der Waals surface area contributed by atoms with Crippen molar-refractivity contribution >= 4 is 11.6 Å². The van der Waals surface area contributed by atoms with Crippen molar-refractivity contribution in [3.8, 4) is 0 Å². The maximum Gasteiger partial charge on any atom is 0.0758 e. The summed E-state index contributed by atoms with van der Waals surface area (Å²) < 4.78 is 0. The van der Waals surface area contributed by atoms with E-state index in [0.717, 1.165) is 43.1 Å². The molecule has 0 saturated carbocycles. The molecule has 0 spiro atoms. The van der Waals surface area contributed by atoms with Crippen molar-refractivity contribution in [3.63, 3.8) is 0 Å². The summed E-state index contributed by atoms with van der Waals surface area (Å²) in [4.78, 5) is 2.26. The molecule has 3 N–H and O–H groups in total. The fourth-order valence-corrected chi connectivity index (χ4v) is 2.76. The van der Waals surface area contributed by atoms with Crippen molar-refractivity contribution in [2.24, 2.45) is 5.73 Å². The van der Waals surface area contributed by atoms with Crippen LogP contribution in [0.3, 0.4) is 0 Å². The molecule has 3 nitrogen and oxygen atoms in total. The Morgan fingerprint density at radius 2 is 2.22 bits per heavy atom. The summed E-state index contributed by atoms with van der Waals surface area (Å²) in [5, 5.41) is 10.6. The number of halogens is 1. The van der Waals surface area contributed by atoms with E-state index in [1.165, 1.54) is 0 Å². The monoisotopic (exact) mass is 268 g/mol. The van der Waals surface area contributed by atoms with Crippen LogP contribution in [-0.4, -0.2) is 35.2 Å². The van der Waals surface area contributed by atoms with E-state index in [0.29, 0.717) is 0 Å². The number of rotatable bonds is 4. The lowest BCUT2D eigenvalue weighted by atomic mass is 10.0. The number of likely N-dealkylation sites (tertiary alicyclic amines) is 1. The number of hydrogen-bond donors (Lipinski definition) is 2. The summed E-state index contributed by atoms with van der Waals surface area (Å²) >= 11 is 6.13. The van der Waals surface area contributed by atoms with Crippen LogP contribution in [0.15, 0.2) is 24.3 Å². The number of nitrogens with two attached hydrogens (primary N) is 1. The van der Waals surface area contributed by atoms with E-state index in [9.17, 15) is 5.11 Å². The maximum atomic E-state index is 9.90. The van der Waals surface area contributed by atoms with E-state index in [1.807, 2.05) is 31.2 Å². The van der Waals surface area contributed by atoms with Crippen LogP contribution in [0.4, 0.5) is 0 Å². The van der Waals surface area contributed by atoms with E-state index >= 15 is 0 Å². The molecular weight excluding hydrogens is 248 g/mol. The molecule has 0 aromatic heterocycles. The van der Waals surface area contributed by atoms with Gasteiger partial charge in [0.05, 0.1) is 5.60 Å². The van der Waals surface area contributed by atoms with Crippen molar-refractivity contribution in [2.45, 2.75) is 31.4 Å². The first-order chi connectivity index (χ1) is 8.48. The van der Waals surface area contributed by atoms with Gasteiger partial charge >= 0.3 is 0 Å². The summed E-state index contributed by atoms with van der Waals surface area (Å²) in [5.41, 5.74) is 6.64. The van der Waals surface area contributed by atoms with Gasteiger partial charge in [0, 0.05) is 30.7 Å². The molecule has 4 heteroatoms. The van der Waals surface area contributed by atoms with Crippen molar-refractivity contribution < 1.29 is 5.11 Å². The van der Waals surface area contributed by atoms with Gasteiger partial charge in [0.2, 0.25) is 0 Å². The van der Waals surface area contributed by atoms with E-state index in [4.69, 9.17) is 17.3 Å². The number of β-amino-alcohol motifs (C(OH)–C–C–N with tert-alkyl or cyclic N) is 1. The lowest BCUT2D eigenvalue weighted by molar-refractivity contribution is 0.0684. The van der Waals surface area contributed by atoms with Crippen LogP contribution < -0.4 is 5.73 Å². The van der Waals surface area contributed by atoms with Crippen molar-refractivity contribution in [3.05, 3.63) is 34.9 Å². The summed E-state index contributed by atoms with van der Waals surface area (Å²) in [7, 11) is 0. The Balaban J connectivity index is 1.86. The summed E-state index contributed by atoms with van der Waals surface area (Å²) in [6.45, 7) is 4.48. The van der Waals surface area contributed by atoms with Crippen LogP contribution in [0.25, 0.3) is 0 Å². The zero-order valence-corrected chi connectivity index (χ0v) is 11.5. The van der Waals surface area contributed by atoms with Gasteiger partial charge in [-0.2, -0.15) is 0 Å². The van der Waals surface area contributed by atoms with E-state index < -0.39 is 5.60 Å². The first kappa shape index (κ1) is 13.8. The SMILES string of the molecule is CC1(O)CCN(CCC(N)c2ccccc2Cl)C1. The minimum absolute atomic E-state index is 0.0377. The summed E-state index contributed by atoms with van der Waals surface area (Å²) in [5.74, 6) is 0. The molecule has 1 fully saturated rings. The number of nitrogens with zero attached hydrogens (tertiary/aromatic N) is 1. The fraction of sp³-hybridized carbons (Fsp3) is 0.571. The van der Waals surface area contributed by atoms with Gasteiger partial charge in [-0.15, -0.1) is 0 Å². The minimum atomic E-state index is -0.533. The van der Waals surface area contributed by atoms with Gasteiger partial charge in [0.25, 0.3) is 0 Å². The molecule has 0 aliphatic carbocycles. The Kier molecular flexibility index (Phi) is 4.28. The molecule has 0 bridgehead atoms. The Morgan fingerprint density at radius 1 is 1.50 bits per heavy atom. The molecule has 1 heterocycles. The van der Waals surface area contributed by atoms with Gasteiger partial charge < -0.3 is 15.7 Å². The minimum Gasteiger partial charge on any atom is -0.389 e. The van der Waals surface area contributed by atoms with Crippen molar-refractivity contribution in [2.75, 3.05) is 19.6 Å². The molecule has 0 amide bonds. The van der Waals surface area contributed by atoms with Gasteiger partial charge in [-0.25, -0.2) is 0 Å². The largest absolute Gasteiger partial charge is 0.389 e. The Labute approximate surface area is 114 Å². The first-order valence-corrected chi connectivity index (χ1v) is 6.80. The molecule has 18 heavy (non-hydrogen) atoms. The summed E-state index contributed by atoms with van der Waals surface area (Å²) in [6.07, 6.45) is 1.70. The highest BCUT2D eigenvalue weighted by molar-refractivity contribution is 6.31. The normalized spacial score (nSPS) is 26.4. The third-order valence-corrected chi connectivity index (χ3v) is 3.94. The topological polar surface area (TPSA) is 49.5 Å². The second-order valence-electron chi connectivity index (χ2n) is 5.44. The van der Waals surface area contributed by atoms with E-state index in [-0.39, 0.29) is 6.04 Å². The summed E-state index contributed by atoms with van der Waals surface area (Å²) in [6, 6.07) is 7.69. The van der Waals surface area contributed by atoms with Crippen LogP contribution >= 0.6 is 11.6 Å². The molecule has 1 aromatic carbocycles. The van der Waals surface area contributed by atoms with E-state index in [2.05, 4.69) is 4.90 Å².